The summed E-state index contributed by atoms with van der Waals surface area (Å²) in [6, 6.07) is 7.86. The molecule has 0 aliphatic carbocycles. The number of ether oxygens (including phenoxy) is 2. The summed E-state index contributed by atoms with van der Waals surface area (Å²) in [6.07, 6.45) is 0.0367. The van der Waals surface area contributed by atoms with Gasteiger partial charge in [-0.25, -0.2) is 13.6 Å². The monoisotopic (exact) mass is 396 g/mol. The molecule has 138 valence electrons. The van der Waals surface area contributed by atoms with Crippen molar-refractivity contribution in [3.05, 3.63) is 46.5 Å². The van der Waals surface area contributed by atoms with Crippen molar-refractivity contribution >= 4 is 33.2 Å². The van der Waals surface area contributed by atoms with Crippen LogP contribution in [0.25, 0.3) is 0 Å². The van der Waals surface area contributed by atoms with Crippen LogP contribution in [0.4, 0.5) is 5.69 Å². The van der Waals surface area contributed by atoms with Crippen molar-refractivity contribution in [1.29, 1.82) is 0 Å². The largest absolute Gasteiger partial charge is 0.486 e. The molecule has 0 bridgehead atoms. The van der Waals surface area contributed by atoms with Gasteiger partial charge in [-0.2, -0.15) is 0 Å². The molecule has 1 amide bonds. The Labute approximate surface area is 156 Å². The molecule has 2 aromatic carbocycles. The highest BCUT2D eigenvalue weighted by molar-refractivity contribution is 7.89. The van der Waals surface area contributed by atoms with Gasteiger partial charge in [0.1, 0.15) is 13.2 Å². The Hall–Kier alpha value is -2.29. The van der Waals surface area contributed by atoms with Crippen LogP contribution in [-0.4, -0.2) is 27.5 Å². The topological polar surface area (TPSA) is 108 Å². The standard InChI is InChI=1S/C17H17ClN2O5S/c1-10-2-3-12(9-15(10)26(19,22)23)20-16(21)8-11-6-13(18)17-14(7-11)24-4-5-25-17/h2-3,6-7,9H,4-5,8H2,1H3,(H,20,21)(H2,19,22,23). The molecular weight excluding hydrogens is 380 g/mol. The van der Waals surface area contributed by atoms with Crippen molar-refractivity contribution in [2.45, 2.75) is 18.2 Å². The Kier molecular flexibility index (Phi) is 5.08. The summed E-state index contributed by atoms with van der Waals surface area (Å²) in [7, 11) is -3.87. The molecule has 0 radical (unpaired) electrons. The Bertz CT molecular complexity index is 975. The quantitative estimate of drug-likeness (QED) is 0.824. The Morgan fingerprint density at radius 1 is 1.23 bits per heavy atom. The summed E-state index contributed by atoms with van der Waals surface area (Å²) >= 11 is 6.16. The molecule has 0 unspecified atom stereocenters. The second-order valence-electron chi connectivity index (χ2n) is 5.85. The van der Waals surface area contributed by atoms with Crippen LogP contribution < -0.4 is 19.9 Å². The number of primary sulfonamides is 1. The van der Waals surface area contributed by atoms with Crippen molar-refractivity contribution in [3.8, 4) is 11.5 Å². The normalized spacial score (nSPS) is 13.3. The molecule has 0 atom stereocenters. The summed E-state index contributed by atoms with van der Waals surface area (Å²) in [4.78, 5) is 12.3. The van der Waals surface area contributed by atoms with Crippen molar-refractivity contribution in [2.24, 2.45) is 5.14 Å². The zero-order valence-corrected chi connectivity index (χ0v) is 15.5. The third kappa shape index (κ3) is 4.09. The number of carbonyl (C=O) groups is 1. The van der Waals surface area contributed by atoms with Gasteiger partial charge in [0, 0.05) is 5.69 Å². The highest BCUT2D eigenvalue weighted by Gasteiger charge is 2.18. The van der Waals surface area contributed by atoms with Gasteiger partial charge in [-0.05, 0) is 42.3 Å². The summed E-state index contributed by atoms with van der Waals surface area (Å²) in [5, 5.41) is 8.21. The number of hydrogen-bond donors (Lipinski definition) is 2. The van der Waals surface area contributed by atoms with Crippen LogP contribution in [0.1, 0.15) is 11.1 Å². The minimum Gasteiger partial charge on any atom is -0.486 e. The maximum atomic E-state index is 12.3. The number of carbonyl (C=O) groups excluding carboxylic acids is 1. The van der Waals surface area contributed by atoms with Crippen molar-refractivity contribution in [3.63, 3.8) is 0 Å². The summed E-state index contributed by atoms with van der Waals surface area (Å²) in [5.41, 5.74) is 1.49. The van der Waals surface area contributed by atoms with Crippen LogP contribution in [0.15, 0.2) is 35.2 Å². The predicted octanol–water partition coefficient (Wildman–Crippen LogP) is 2.25. The molecule has 1 heterocycles. The SMILES string of the molecule is Cc1ccc(NC(=O)Cc2cc(Cl)c3c(c2)OCCO3)cc1S(N)(=O)=O. The van der Waals surface area contributed by atoms with Gasteiger partial charge in [-0.15, -0.1) is 0 Å². The van der Waals surface area contributed by atoms with E-state index in [1.165, 1.54) is 6.07 Å². The number of rotatable bonds is 4. The minimum absolute atomic E-state index is 0.0299. The Balaban J connectivity index is 1.77. The van der Waals surface area contributed by atoms with E-state index >= 15 is 0 Å². The van der Waals surface area contributed by atoms with Gasteiger partial charge < -0.3 is 14.8 Å². The molecule has 2 aromatic rings. The highest BCUT2D eigenvalue weighted by atomic mass is 35.5. The molecule has 1 aliphatic rings. The molecule has 0 saturated carbocycles. The van der Waals surface area contributed by atoms with Gasteiger partial charge in [-0.1, -0.05) is 17.7 Å². The maximum Gasteiger partial charge on any atom is 0.238 e. The second kappa shape index (κ2) is 7.14. The average Bonchev–Trinajstić information content (AvgIpc) is 2.55. The van der Waals surface area contributed by atoms with E-state index in [2.05, 4.69) is 5.32 Å². The number of halogens is 1. The smallest absolute Gasteiger partial charge is 0.238 e. The Morgan fingerprint density at radius 2 is 1.96 bits per heavy atom. The molecule has 0 saturated heterocycles. The molecule has 0 fully saturated rings. The van der Waals surface area contributed by atoms with E-state index in [1.807, 2.05) is 0 Å². The Morgan fingerprint density at radius 3 is 2.69 bits per heavy atom. The summed E-state index contributed by atoms with van der Waals surface area (Å²) < 4.78 is 34.1. The number of hydrogen-bond acceptors (Lipinski definition) is 5. The number of anilines is 1. The molecule has 9 heteroatoms. The van der Waals surface area contributed by atoms with Crippen LogP contribution in [0.2, 0.25) is 5.02 Å². The molecule has 7 nitrogen and oxygen atoms in total. The lowest BCUT2D eigenvalue weighted by Gasteiger charge is -2.20. The highest BCUT2D eigenvalue weighted by Crippen LogP contribution is 2.38. The first kappa shape index (κ1) is 18.5. The van der Waals surface area contributed by atoms with Crippen molar-refractivity contribution in [2.75, 3.05) is 18.5 Å². The zero-order valence-electron chi connectivity index (χ0n) is 13.9. The van der Waals surface area contributed by atoms with Gasteiger partial charge in [0.25, 0.3) is 0 Å². The van der Waals surface area contributed by atoms with Crippen LogP contribution >= 0.6 is 11.6 Å². The van der Waals surface area contributed by atoms with Crippen molar-refractivity contribution in [1.82, 2.24) is 0 Å². The molecule has 3 rings (SSSR count). The summed E-state index contributed by atoms with van der Waals surface area (Å²) in [5.74, 6) is 0.638. The number of sulfonamides is 1. The van der Waals surface area contributed by atoms with Crippen LogP contribution in [0.5, 0.6) is 11.5 Å². The van der Waals surface area contributed by atoms with E-state index < -0.39 is 10.0 Å². The fraction of sp³-hybridized carbons (Fsp3) is 0.235. The fourth-order valence-corrected chi connectivity index (χ4v) is 3.74. The average molecular weight is 397 g/mol. The lowest BCUT2D eigenvalue weighted by Crippen LogP contribution is -2.18. The first-order chi connectivity index (χ1) is 12.2. The van der Waals surface area contributed by atoms with E-state index in [0.717, 1.165) is 0 Å². The van der Waals surface area contributed by atoms with E-state index in [4.69, 9.17) is 26.2 Å². The fourth-order valence-electron chi connectivity index (χ4n) is 2.64. The molecule has 1 aliphatic heterocycles. The lowest BCUT2D eigenvalue weighted by molar-refractivity contribution is -0.115. The van der Waals surface area contributed by atoms with E-state index in [0.29, 0.717) is 46.5 Å². The van der Waals surface area contributed by atoms with Gasteiger partial charge in [0.15, 0.2) is 11.5 Å². The van der Waals surface area contributed by atoms with Crippen LogP contribution in [0, 0.1) is 6.92 Å². The van der Waals surface area contributed by atoms with Gasteiger partial charge >= 0.3 is 0 Å². The molecule has 0 aromatic heterocycles. The van der Waals surface area contributed by atoms with Gasteiger partial charge in [-0.3, -0.25) is 4.79 Å². The second-order valence-corrected chi connectivity index (χ2v) is 7.79. The first-order valence-corrected chi connectivity index (χ1v) is 9.68. The first-order valence-electron chi connectivity index (χ1n) is 7.75. The number of nitrogens with one attached hydrogen (secondary N) is 1. The molecule has 0 spiro atoms. The maximum absolute atomic E-state index is 12.3. The van der Waals surface area contributed by atoms with Gasteiger partial charge in [0.2, 0.25) is 15.9 Å². The van der Waals surface area contributed by atoms with Crippen LogP contribution in [-0.2, 0) is 21.2 Å². The molecule has 26 heavy (non-hydrogen) atoms. The number of amides is 1. The van der Waals surface area contributed by atoms with E-state index in [-0.39, 0.29) is 17.2 Å². The minimum atomic E-state index is -3.87. The van der Waals surface area contributed by atoms with Crippen LogP contribution in [0.3, 0.4) is 0 Å². The third-order valence-electron chi connectivity index (χ3n) is 3.80. The number of benzene rings is 2. The number of aryl methyl sites for hydroxylation is 1. The van der Waals surface area contributed by atoms with E-state index in [1.54, 1.807) is 31.2 Å². The zero-order chi connectivity index (χ0) is 18.9. The lowest BCUT2D eigenvalue weighted by atomic mass is 10.1. The number of nitrogens with two attached hydrogens (primary N) is 1. The van der Waals surface area contributed by atoms with E-state index in [9.17, 15) is 13.2 Å². The summed E-state index contributed by atoms with van der Waals surface area (Å²) in [6.45, 7) is 2.47. The molecule has 3 N–H and O–H groups in total. The van der Waals surface area contributed by atoms with Gasteiger partial charge in [0.05, 0.1) is 16.3 Å². The molecular formula is C17H17ClN2O5S. The predicted molar refractivity (Wildman–Crippen MR) is 97.3 cm³/mol. The van der Waals surface area contributed by atoms with Crippen molar-refractivity contribution < 1.29 is 22.7 Å². The number of fused-ring (bicyclic) bond motifs is 1. The third-order valence-corrected chi connectivity index (χ3v) is 5.13.